The minimum Gasteiger partial charge on any atom is -0.355 e. The first-order valence-corrected chi connectivity index (χ1v) is 6.03. The Morgan fingerprint density at radius 1 is 1.53 bits per heavy atom. The first kappa shape index (κ1) is 13.2. The highest BCUT2D eigenvalue weighted by atomic mass is 16.5. The second kappa shape index (κ2) is 6.10. The fraction of sp³-hybridized carbons (Fsp3) is 0.308. The zero-order valence-corrected chi connectivity index (χ0v) is 10.9. The van der Waals surface area contributed by atoms with Gasteiger partial charge in [-0.1, -0.05) is 5.16 Å². The quantitative estimate of drug-likeness (QED) is 0.840. The van der Waals surface area contributed by atoms with Gasteiger partial charge >= 0.3 is 0 Å². The van der Waals surface area contributed by atoms with E-state index in [-0.39, 0.29) is 17.6 Å². The normalized spacial score (nSPS) is 12.1. The Hall–Kier alpha value is -2.21. The van der Waals surface area contributed by atoms with Crippen LogP contribution in [-0.4, -0.2) is 35.7 Å². The standard InChI is InChI=1S/C13H16N4O2/c1-9(14-2)7-16-13(18)11-6-12(19-17-11)10-4-3-5-15-8-10/h3-6,8-9,14H,7H2,1-2H3,(H,16,18). The number of nitrogens with zero attached hydrogens (tertiary/aromatic N) is 2. The first-order valence-electron chi connectivity index (χ1n) is 6.03. The van der Waals surface area contributed by atoms with Gasteiger partial charge in [-0.2, -0.15) is 0 Å². The molecule has 0 saturated carbocycles. The molecule has 2 aromatic rings. The van der Waals surface area contributed by atoms with E-state index in [0.29, 0.717) is 12.3 Å². The maximum atomic E-state index is 11.8. The number of nitrogens with one attached hydrogen (secondary N) is 2. The largest absolute Gasteiger partial charge is 0.355 e. The zero-order chi connectivity index (χ0) is 13.7. The predicted octanol–water partition coefficient (Wildman–Crippen LogP) is 1.07. The summed E-state index contributed by atoms with van der Waals surface area (Å²) in [4.78, 5) is 15.8. The molecule has 0 spiro atoms. The molecule has 1 atom stereocenters. The Morgan fingerprint density at radius 3 is 3.05 bits per heavy atom. The van der Waals surface area contributed by atoms with Crippen LogP contribution in [0, 0.1) is 0 Å². The van der Waals surface area contributed by atoms with Gasteiger partial charge in [-0.15, -0.1) is 0 Å². The molecular formula is C13H16N4O2. The summed E-state index contributed by atoms with van der Waals surface area (Å²) in [6.07, 6.45) is 3.33. The van der Waals surface area contributed by atoms with Crippen molar-refractivity contribution in [2.75, 3.05) is 13.6 Å². The lowest BCUT2D eigenvalue weighted by Crippen LogP contribution is -2.37. The molecule has 0 bridgehead atoms. The molecule has 0 fully saturated rings. The van der Waals surface area contributed by atoms with Crippen LogP contribution < -0.4 is 10.6 Å². The summed E-state index contributed by atoms with van der Waals surface area (Å²) < 4.78 is 5.14. The Balaban J connectivity index is 2.03. The molecule has 6 nitrogen and oxygen atoms in total. The van der Waals surface area contributed by atoms with Crippen molar-refractivity contribution in [1.82, 2.24) is 20.8 Å². The second-order valence-electron chi connectivity index (χ2n) is 4.22. The third-order valence-corrected chi connectivity index (χ3v) is 2.75. The van der Waals surface area contributed by atoms with Gasteiger partial charge in [0, 0.05) is 36.6 Å². The summed E-state index contributed by atoms with van der Waals surface area (Å²) in [6, 6.07) is 5.45. The minimum absolute atomic E-state index is 0.202. The molecule has 100 valence electrons. The zero-order valence-electron chi connectivity index (χ0n) is 10.9. The molecule has 2 N–H and O–H groups in total. The van der Waals surface area contributed by atoms with Crippen LogP contribution in [0.3, 0.4) is 0 Å². The lowest BCUT2D eigenvalue weighted by Gasteiger charge is -2.09. The third kappa shape index (κ3) is 3.38. The summed E-state index contributed by atoms with van der Waals surface area (Å²) in [6.45, 7) is 2.51. The van der Waals surface area contributed by atoms with Gasteiger partial charge in [0.25, 0.3) is 5.91 Å². The van der Waals surface area contributed by atoms with E-state index in [1.54, 1.807) is 24.5 Å². The van der Waals surface area contributed by atoms with Crippen LogP contribution in [0.15, 0.2) is 35.1 Å². The van der Waals surface area contributed by atoms with E-state index < -0.39 is 0 Å². The third-order valence-electron chi connectivity index (χ3n) is 2.75. The number of carbonyl (C=O) groups is 1. The maximum Gasteiger partial charge on any atom is 0.273 e. The van der Waals surface area contributed by atoms with Gasteiger partial charge < -0.3 is 15.2 Å². The van der Waals surface area contributed by atoms with Gasteiger partial charge in [0.15, 0.2) is 11.5 Å². The Bertz CT molecular complexity index is 539. The van der Waals surface area contributed by atoms with Crippen LogP contribution in [0.25, 0.3) is 11.3 Å². The molecule has 0 saturated heterocycles. The van der Waals surface area contributed by atoms with Crippen molar-refractivity contribution in [3.63, 3.8) is 0 Å². The first-order chi connectivity index (χ1) is 9.20. The van der Waals surface area contributed by atoms with Crippen molar-refractivity contribution in [2.45, 2.75) is 13.0 Å². The van der Waals surface area contributed by atoms with E-state index in [2.05, 4.69) is 20.8 Å². The number of rotatable bonds is 5. The van der Waals surface area contributed by atoms with Crippen LogP contribution >= 0.6 is 0 Å². The Labute approximate surface area is 111 Å². The van der Waals surface area contributed by atoms with Gasteiger partial charge in [0.1, 0.15) is 0 Å². The fourth-order valence-corrected chi connectivity index (χ4v) is 1.47. The number of likely N-dealkylation sites (N-methyl/N-ethyl adjacent to an activating group) is 1. The fourth-order valence-electron chi connectivity index (χ4n) is 1.47. The van der Waals surface area contributed by atoms with Crippen molar-refractivity contribution in [3.8, 4) is 11.3 Å². The average molecular weight is 260 g/mol. The summed E-state index contributed by atoms with van der Waals surface area (Å²) in [5, 5.41) is 9.57. The molecule has 2 rings (SSSR count). The summed E-state index contributed by atoms with van der Waals surface area (Å²) in [7, 11) is 1.84. The molecule has 0 aliphatic carbocycles. The van der Waals surface area contributed by atoms with Gasteiger partial charge in [-0.25, -0.2) is 0 Å². The SMILES string of the molecule is CNC(C)CNC(=O)c1cc(-c2cccnc2)on1. The lowest BCUT2D eigenvalue weighted by atomic mass is 10.2. The molecule has 0 aliphatic rings. The topological polar surface area (TPSA) is 80.0 Å². The molecule has 1 amide bonds. The monoisotopic (exact) mass is 260 g/mol. The van der Waals surface area contributed by atoms with Crippen LogP contribution in [0.4, 0.5) is 0 Å². The molecule has 0 aliphatic heterocycles. The van der Waals surface area contributed by atoms with Crippen LogP contribution in [0.1, 0.15) is 17.4 Å². The van der Waals surface area contributed by atoms with E-state index in [1.165, 1.54) is 0 Å². The number of hydrogen-bond donors (Lipinski definition) is 2. The molecule has 1 unspecified atom stereocenters. The van der Waals surface area contributed by atoms with Gasteiger partial charge in [-0.05, 0) is 26.1 Å². The van der Waals surface area contributed by atoms with Crippen molar-refractivity contribution >= 4 is 5.91 Å². The average Bonchev–Trinajstić information content (AvgIpc) is 2.95. The lowest BCUT2D eigenvalue weighted by molar-refractivity contribution is 0.0941. The predicted molar refractivity (Wildman–Crippen MR) is 70.6 cm³/mol. The van der Waals surface area contributed by atoms with Crippen LogP contribution in [0.5, 0.6) is 0 Å². The number of pyridine rings is 1. The highest BCUT2D eigenvalue weighted by Gasteiger charge is 2.13. The second-order valence-corrected chi connectivity index (χ2v) is 4.22. The smallest absolute Gasteiger partial charge is 0.273 e. The summed E-state index contributed by atoms with van der Waals surface area (Å²) in [5.41, 5.74) is 1.06. The maximum absolute atomic E-state index is 11.8. The van der Waals surface area contributed by atoms with Crippen molar-refractivity contribution in [3.05, 3.63) is 36.3 Å². The van der Waals surface area contributed by atoms with Gasteiger partial charge in [0.05, 0.1) is 0 Å². The molecular weight excluding hydrogens is 244 g/mol. The van der Waals surface area contributed by atoms with E-state index in [1.807, 2.05) is 20.0 Å². The molecule has 19 heavy (non-hydrogen) atoms. The van der Waals surface area contributed by atoms with Crippen molar-refractivity contribution in [1.29, 1.82) is 0 Å². The highest BCUT2D eigenvalue weighted by Crippen LogP contribution is 2.18. The molecule has 2 heterocycles. The van der Waals surface area contributed by atoms with Gasteiger partial charge in [0.2, 0.25) is 0 Å². The van der Waals surface area contributed by atoms with Crippen LogP contribution in [0.2, 0.25) is 0 Å². The molecule has 2 aromatic heterocycles. The van der Waals surface area contributed by atoms with Gasteiger partial charge in [-0.3, -0.25) is 9.78 Å². The molecule has 0 aromatic carbocycles. The minimum atomic E-state index is -0.249. The highest BCUT2D eigenvalue weighted by molar-refractivity contribution is 5.93. The van der Waals surface area contributed by atoms with E-state index in [0.717, 1.165) is 5.56 Å². The number of hydrogen-bond acceptors (Lipinski definition) is 5. The van der Waals surface area contributed by atoms with Crippen molar-refractivity contribution < 1.29 is 9.32 Å². The Kier molecular flexibility index (Phi) is 4.25. The number of carbonyl (C=O) groups excluding carboxylic acids is 1. The van der Waals surface area contributed by atoms with E-state index in [9.17, 15) is 4.79 Å². The molecule has 0 radical (unpaired) electrons. The summed E-state index contributed by atoms with van der Waals surface area (Å²) >= 11 is 0. The van der Waals surface area contributed by atoms with E-state index >= 15 is 0 Å². The summed E-state index contributed by atoms with van der Waals surface area (Å²) in [5.74, 6) is 0.279. The van der Waals surface area contributed by atoms with Crippen molar-refractivity contribution in [2.24, 2.45) is 0 Å². The Morgan fingerprint density at radius 2 is 2.37 bits per heavy atom. The van der Waals surface area contributed by atoms with E-state index in [4.69, 9.17) is 4.52 Å². The molecule has 6 heteroatoms. The number of amides is 1. The number of aromatic nitrogens is 2. The van der Waals surface area contributed by atoms with Crippen LogP contribution in [-0.2, 0) is 0 Å².